The molecule has 3 fully saturated rings. The van der Waals surface area contributed by atoms with E-state index in [2.05, 4.69) is 0 Å². The fraction of sp³-hybridized carbons (Fsp3) is 1.00. The number of hydrogen-bond acceptors (Lipinski definition) is 2. The van der Waals surface area contributed by atoms with E-state index in [1.54, 1.807) is 7.11 Å². The Balaban J connectivity index is 2.03. The second kappa shape index (κ2) is 1.70. The lowest BCUT2D eigenvalue weighted by atomic mass is 9.81. The van der Waals surface area contributed by atoms with Crippen LogP contribution in [0.5, 0.6) is 0 Å². The van der Waals surface area contributed by atoms with Crippen LogP contribution in [0.4, 0.5) is 0 Å². The third-order valence-electron chi connectivity index (χ3n) is 2.81. The first-order chi connectivity index (χ1) is 4.33. The lowest BCUT2D eigenvalue weighted by molar-refractivity contribution is -0.0264. The Morgan fingerprint density at radius 1 is 1.44 bits per heavy atom. The number of ether oxygens (including phenoxy) is 1. The minimum atomic E-state index is -0.0325. The molecule has 52 valence electrons. The molecule has 0 radical (unpaired) electrons. The quantitative estimate of drug-likeness (QED) is 0.554. The van der Waals surface area contributed by atoms with E-state index in [4.69, 9.17) is 4.74 Å². The molecule has 0 aliphatic heterocycles. The maximum absolute atomic E-state index is 9.27. The molecule has 0 saturated heterocycles. The molecule has 9 heavy (non-hydrogen) atoms. The minimum absolute atomic E-state index is 0.0325. The van der Waals surface area contributed by atoms with E-state index < -0.39 is 0 Å². The molecule has 0 unspecified atom stereocenters. The van der Waals surface area contributed by atoms with Crippen molar-refractivity contribution in [3.63, 3.8) is 0 Å². The summed E-state index contributed by atoms with van der Waals surface area (Å²) in [4.78, 5) is 0. The van der Waals surface area contributed by atoms with E-state index in [1.807, 2.05) is 0 Å². The smallest absolute Gasteiger partial charge is 0.0628 e. The fourth-order valence-corrected chi connectivity index (χ4v) is 2.13. The summed E-state index contributed by atoms with van der Waals surface area (Å²) in [7, 11) is 1.73. The first-order valence-electron chi connectivity index (χ1n) is 3.54. The average molecular weight is 128 g/mol. The van der Waals surface area contributed by atoms with Crippen LogP contribution in [-0.4, -0.2) is 24.4 Å². The zero-order chi connectivity index (χ0) is 6.43. The summed E-state index contributed by atoms with van der Waals surface area (Å²) in [5.41, 5.74) is 0. The standard InChI is InChI=1S/C7H12O2/c1-9-6-3-4-2-5(6)7(4)8/h4-8H,2-3H2,1H3/t4-,5+,6+,7+/m0/s1. The van der Waals surface area contributed by atoms with E-state index in [0.29, 0.717) is 17.9 Å². The topological polar surface area (TPSA) is 29.5 Å². The molecule has 2 nitrogen and oxygen atoms in total. The molecule has 0 spiro atoms. The van der Waals surface area contributed by atoms with Crippen LogP contribution in [0.15, 0.2) is 0 Å². The summed E-state index contributed by atoms with van der Waals surface area (Å²) >= 11 is 0. The normalized spacial score (nSPS) is 55.3. The van der Waals surface area contributed by atoms with Gasteiger partial charge in [-0.05, 0) is 18.8 Å². The van der Waals surface area contributed by atoms with Gasteiger partial charge in [0.05, 0.1) is 12.2 Å². The Labute approximate surface area is 54.8 Å². The highest BCUT2D eigenvalue weighted by Gasteiger charge is 2.52. The molecule has 1 N–H and O–H groups in total. The van der Waals surface area contributed by atoms with E-state index in [1.165, 1.54) is 6.42 Å². The molecule has 3 rings (SSSR count). The largest absolute Gasteiger partial charge is 0.392 e. The number of aliphatic hydroxyl groups is 1. The highest BCUT2D eigenvalue weighted by Crippen LogP contribution is 2.49. The second-order valence-corrected chi connectivity index (χ2v) is 3.16. The van der Waals surface area contributed by atoms with Crippen LogP contribution in [0, 0.1) is 11.8 Å². The predicted molar refractivity (Wildman–Crippen MR) is 33.0 cm³/mol. The number of aliphatic hydroxyl groups excluding tert-OH is 1. The van der Waals surface area contributed by atoms with Gasteiger partial charge in [0.1, 0.15) is 0 Å². The van der Waals surface area contributed by atoms with Crippen LogP contribution in [-0.2, 0) is 4.74 Å². The number of hydrogen-bond donors (Lipinski definition) is 1. The Hall–Kier alpha value is -0.0800. The molecule has 3 aliphatic carbocycles. The zero-order valence-electron chi connectivity index (χ0n) is 5.58. The zero-order valence-corrected chi connectivity index (χ0v) is 5.58. The van der Waals surface area contributed by atoms with E-state index in [-0.39, 0.29) is 6.10 Å². The van der Waals surface area contributed by atoms with Crippen LogP contribution in [0.2, 0.25) is 0 Å². The molecule has 0 aromatic carbocycles. The second-order valence-electron chi connectivity index (χ2n) is 3.16. The van der Waals surface area contributed by atoms with Crippen molar-refractivity contribution in [3.05, 3.63) is 0 Å². The summed E-state index contributed by atoms with van der Waals surface area (Å²) in [6.07, 6.45) is 2.61. The van der Waals surface area contributed by atoms with Gasteiger partial charge < -0.3 is 9.84 Å². The van der Waals surface area contributed by atoms with Gasteiger partial charge in [0.15, 0.2) is 0 Å². The van der Waals surface area contributed by atoms with Crippen LogP contribution in [0.3, 0.4) is 0 Å². The third-order valence-corrected chi connectivity index (χ3v) is 2.81. The van der Waals surface area contributed by atoms with Gasteiger partial charge in [-0.2, -0.15) is 0 Å². The molecule has 0 aromatic rings. The molecule has 3 saturated carbocycles. The Kier molecular flexibility index (Phi) is 1.08. The highest BCUT2D eigenvalue weighted by molar-refractivity contribution is 5.02. The van der Waals surface area contributed by atoms with Gasteiger partial charge in [-0.1, -0.05) is 0 Å². The molecule has 4 atom stereocenters. The summed E-state index contributed by atoms with van der Waals surface area (Å²) in [5.74, 6) is 1.04. The third kappa shape index (κ3) is 0.578. The molecule has 0 aromatic heterocycles. The van der Waals surface area contributed by atoms with Crippen molar-refractivity contribution < 1.29 is 9.84 Å². The lowest BCUT2D eigenvalue weighted by Crippen LogP contribution is -2.36. The molecular formula is C7H12O2. The lowest BCUT2D eigenvalue weighted by Gasteiger charge is -2.31. The summed E-state index contributed by atoms with van der Waals surface area (Å²) < 4.78 is 5.18. The highest BCUT2D eigenvalue weighted by atomic mass is 16.5. The van der Waals surface area contributed by atoms with Gasteiger partial charge in [-0.15, -0.1) is 0 Å². The van der Waals surface area contributed by atoms with E-state index >= 15 is 0 Å². The van der Waals surface area contributed by atoms with Gasteiger partial charge in [-0.25, -0.2) is 0 Å². The summed E-state index contributed by atoms with van der Waals surface area (Å²) in [6.45, 7) is 0. The molecule has 3 aliphatic rings. The molecule has 0 amide bonds. The Morgan fingerprint density at radius 3 is 2.44 bits per heavy atom. The van der Waals surface area contributed by atoms with Gasteiger partial charge in [0, 0.05) is 13.0 Å². The van der Waals surface area contributed by atoms with Gasteiger partial charge in [-0.3, -0.25) is 0 Å². The van der Waals surface area contributed by atoms with Crippen molar-refractivity contribution in [2.24, 2.45) is 11.8 Å². The van der Waals surface area contributed by atoms with Crippen LogP contribution >= 0.6 is 0 Å². The maximum Gasteiger partial charge on any atom is 0.0628 e. The van der Waals surface area contributed by atoms with Crippen LogP contribution in [0.1, 0.15) is 12.8 Å². The Bertz CT molecular complexity index is 124. The predicted octanol–water partition coefficient (Wildman–Crippen LogP) is 0.402. The molecular weight excluding hydrogens is 116 g/mol. The SMILES string of the molecule is CO[C@@H]1C[C@@H]2C[C@H]1[C@@H]2O. The minimum Gasteiger partial charge on any atom is -0.392 e. The fourth-order valence-electron chi connectivity index (χ4n) is 2.13. The number of methoxy groups -OCH3 is 1. The monoisotopic (exact) mass is 128 g/mol. The first-order valence-corrected chi connectivity index (χ1v) is 3.54. The molecule has 0 heterocycles. The van der Waals surface area contributed by atoms with Crippen LogP contribution in [0.25, 0.3) is 0 Å². The number of rotatable bonds is 1. The van der Waals surface area contributed by atoms with Crippen molar-refractivity contribution >= 4 is 0 Å². The average Bonchev–Trinajstić information content (AvgIpc) is 2.40. The van der Waals surface area contributed by atoms with Crippen molar-refractivity contribution in [1.29, 1.82) is 0 Å². The first kappa shape index (κ1) is 5.69. The van der Waals surface area contributed by atoms with Gasteiger partial charge >= 0.3 is 0 Å². The summed E-state index contributed by atoms with van der Waals surface area (Å²) in [6, 6.07) is 0. The van der Waals surface area contributed by atoms with Gasteiger partial charge in [0.25, 0.3) is 0 Å². The van der Waals surface area contributed by atoms with Crippen molar-refractivity contribution in [1.82, 2.24) is 0 Å². The van der Waals surface area contributed by atoms with Gasteiger partial charge in [0.2, 0.25) is 0 Å². The number of fused-ring (bicyclic) bond motifs is 1. The summed E-state index contributed by atoms with van der Waals surface area (Å²) in [5, 5.41) is 9.27. The van der Waals surface area contributed by atoms with Crippen molar-refractivity contribution in [2.45, 2.75) is 25.0 Å². The maximum atomic E-state index is 9.27. The van der Waals surface area contributed by atoms with E-state index in [9.17, 15) is 5.11 Å². The van der Waals surface area contributed by atoms with Crippen molar-refractivity contribution in [2.75, 3.05) is 7.11 Å². The van der Waals surface area contributed by atoms with Crippen molar-refractivity contribution in [3.8, 4) is 0 Å². The van der Waals surface area contributed by atoms with E-state index in [0.717, 1.165) is 6.42 Å². The Morgan fingerprint density at radius 2 is 2.22 bits per heavy atom. The van der Waals surface area contributed by atoms with Crippen LogP contribution < -0.4 is 0 Å². The molecule has 2 bridgehead atoms. The molecule has 2 heteroatoms.